The molecule has 2 fully saturated rings. The van der Waals surface area contributed by atoms with Gasteiger partial charge in [-0.1, -0.05) is 0 Å². The maximum absolute atomic E-state index is 6.15. The standard InChI is InChI=1S/C17H34N2O2/c1-13(2)18-10-16(5)21-17(11-18)7-6-14(3)19-8-9-20-12-15(19)4/h13-17H,6-12H2,1-5H3/t14?,15-,16-,17+/m1/s1. The lowest BCUT2D eigenvalue weighted by atomic mass is 10.0. The molecule has 0 aromatic carbocycles. The van der Waals surface area contributed by atoms with Gasteiger partial charge in [0.15, 0.2) is 0 Å². The van der Waals surface area contributed by atoms with Crippen LogP contribution in [0, 0.1) is 0 Å². The van der Waals surface area contributed by atoms with Crippen molar-refractivity contribution in [1.82, 2.24) is 9.80 Å². The SMILES string of the molecule is CC(C)N1C[C@H](CCC(C)N2CCOC[C@H]2C)O[C@H](C)C1. The van der Waals surface area contributed by atoms with Crippen molar-refractivity contribution >= 4 is 0 Å². The average Bonchev–Trinajstić information content (AvgIpc) is 2.44. The fourth-order valence-corrected chi connectivity index (χ4v) is 3.65. The van der Waals surface area contributed by atoms with Gasteiger partial charge in [-0.15, -0.1) is 0 Å². The van der Waals surface area contributed by atoms with Crippen molar-refractivity contribution in [2.75, 3.05) is 32.8 Å². The smallest absolute Gasteiger partial charge is 0.0707 e. The molecule has 0 bridgehead atoms. The van der Waals surface area contributed by atoms with Crippen LogP contribution in [0.2, 0.25) is 0 Å². The summed E-state index contributed by atoms with van der Waals surface area (Å²) in [5.41, 5.74) is 0. The van der Waals surface area contributed by atoms with E-state index in [0.29, 0.717) is 30.3 Å². The first kappa shape index (κ1) is 17.2. The summed E-state index contributed by atoms with van der Waals surface area (Å²) < 4.78 is 11.7. The number of nitrogens with zero attached hydrogens (tertiary/aromatic N) is 2. The maximum atomic E-state index is 6.15. The molecule has 2 aliphatic heterocycles. The van der Waals surface area contributed by atoms with E-state index in [-0.39, 0.29) is 0 Å². The fourth-order valence-electron chi connectivity index (χ4n) is 3.65. The predicted molar refractivity (Wildman–Crippen MR) is 86.7 cm³/mol. The van der Waals surface area contributed by atoms with Crippen LogP contribution in [0.4, 0.5) is 0 Å². The Morgan fingerprint density at radius 3 is 2.57 bits per heavy atom. The van der Waals surface area contributed by atoms with Gasteiger partial charge < -0.3 is 9.47 Å². The Balaban J connectivity index is 1.78. The summed E-state index contributed by atoms with van der Waals surface area (Å²) in [6, 6.07) is 1.79. The van der Waals surface area contributed by atoms with Crippen LogP contribution in [0.5, 0.6) is 0 Å². The van der Waals surface area contributed by atoms with Gasteiger partial charge in [0.25, 0.3) is 0 Å². The minimum absolute atomic E-state index is 0.365. The molecule has 21 heavy (non-hydrogen) atoms. The highest BCUT2D eigenvalue weighted by atomic mass is 16.5. The lowest BCUT2D eigenvalue weighted by Crippen LogP contribution is -2.51. The summed E-state index contributed by atoms with van der Waals surface area (Å²) in [4.78, 5) is 5.15. The molecule has 0 N–H and O–H groups in total. The molecule has 124 valence electrons. The molecule has 4 nitrogen and oxygen atoms in total. The van der Waals surface area contributed by atoms with Crippen LogP contribution in [0.15, 0.2) is 0 Å². The van der Waals surface area contributed by atoms with Gasteiger partial charge in [0, 0.05) is 37.8 Å². The number of ether oxygens (including phenoxy) is 2. The fraction of sp³-hybridized carbons (Fsp3) is 1.00. The maximum Gasteiger partial charge on any atom is 0.0707 e. The molecule has 0 amide bonds. The summed E-state index contributed by atoms with van der Waals surface area (Å²) in [6.07, 6.45) is 3.14. The molecule has 0 aromatic rings. The van der Waals surface area contributed by atoms with Gasteiger partial charge in [-0.2, -0.15) is 0 Å². The molecule has 2 heterocycles. The Morgan fingerprint density at radius 1 is 1.14 bits per heavy atom. The molecule has 1 unspecified atom stereocenters. The van der Waals surface area contributed by atoms with Gasteiger partial charge in [0.2, 0.25) is 0 Å². The highest BCUT2D eigenvalue weighted by Crippen LogP contribution is 2.20. The van der Waals surface area contributed by atoms with Crippen LogP contribution >= 0.6 is 0 Å². The molecule has 0 radical (unpaired) electrons. The third kappa shape index (κ3) is 4.92. The monoisotopic (exact) mass is 298 g/mol. The van der Waals surface area contributed by atoms with Gasteiger partial charge >= 0.3 is 0 Å². The Morgan fingerprint density at radius 2 is 1.90 bits per heavy atom. The van der Waals surface area contributed by atoms with Crippen molar-refractivity contribution in [2.45, 2.75) is 77.8 Å². The van der Waals surface area contributed by atoms with Gasteiger partial charge in [-0.25, -0.2) is 0 Å². The quantitative estimate of drug-likeness (QED) is 0.778. The molecule has 2 aliphatic rings. The van der Waals surface area contributed by atoms with Crippen LogP contribution < -0.4 is 0 Å². The first-order valence-electron chi connectivity index (χ1n) is 8.70. The van der Waals surface area contributed by atoms with Gasteiger partial charge in [-0.05, 0) is 47.5 Å². The molecular weight excluding hydrogens is 264 g/mol. The molecule has 2 rings (SSSR count). The predicted octanol–water partition coefficient (Wildman–Crippen LogP) is 2.37. The van der Waals surface area contributed by atoms with E-state index in [1.165, 1.54) is 12.8 Å². The molecule has 0 saturated carbocycles. The third-order valence-electron chi connectivity index (χ3n) is 4.98. The van der Waals surface area contributed by atoms with Gasteiger partial charge in [-0.3, -0.25) is 9.80 Å². The lowest BCUT2D eigenvalue weighted by molar-refractivity contribution is -0.0916. The van der Waals surface area contributed by atoms with E-state index in [4.69, 9.17) is 9.47 Å². The van der Waals surface area contributed by atoms with Crippen LogP contribution in [0.3, 0.4) is 0 Å². The molecule has 0 aromatic heterocycles. The summed E-state index contributed by atoms with van der Waals surface area (Å²) in [5, 5.41) is 0. The second kappa shape index (κ2) is 7.91. The van der Waals surface area contributed by atoms with Gasteiger partial charge in [0.1, 0.15) is 0 Å². The zero-order valence-corrected chi connectivity index (χ0v) is 14.5. The second-order valence-electron chi connectivity index (χ2n) is 7.20. The van der Waals surface area contributed by atoms with Crippen molar-refractivity contribution in [1.29, 1.82) is 0 Å². The Labute approximate surface area is 130 Å². The van der Waals surface area contributed by atoms with E-state index in [1.54, 1.807) is 0 Å². The average molecular weight is 298 g/mol. The van der Waals surface area contributed by atoms with Crippen LogP contribution in [-0.2, 0) is 9.47 Å². The Hall–Kier alpha value is -0.160. The lowest BCUT2D eigenvalue weighted by Gasteiger charge is -2.41. The van der Waals surface area contributed by atoms with Gasteiger partial charge in [0.05, 0.1) is 25.4 Å². The van der Waals surface area contributed by atoms with Crippen LogP contribution in [0.1, 0.15) is 47.5 Å². The van der Waals surface area contributed by atoms with E-state index in [2.05, 4.69) is 44.4 Å². The highest BCUT2D eigenvalue weighted by Gasteiger charge is 2.28. The minimum Gasteiger partial charge on any atom is -0.379 e. The van der Waals surface area contributed by atoms with Crippen molar-refractivity contribution in [3.63, 3.8) is 0 Å². The molecule has 2 saturated heterocycles. The van der Waals surface area contributed by atoms with Crippen LogP contribution in [0.25, 0.3) is 0 Å². The van der Waals surface area contributed by atoms with E-state index in [1.807, 2.05) is 0 Å². The van der Waals surface area contributed by atoms with Crippen molar-refractivity contribution in [2.24, 2.45) is 0 Å². The molecule has 4 heteroatoms. The number of hydrogen-bond acceptors (Lipinski definition) is 4. The zero-order chi connectivity index (χ0) is 15.4. The van der Waals surface area contributed by atoms with Crippen molar-refractivity contribution in [3.8, 4) is 0 Å². The van der Waals surface area contributed by atoms with Crippen molar-refractivity contribution < 1.29 is 9.47 Å². The second-order valence-corrected chi connectivity index (χ2v) is 7.20. The highest BCUT2D eigenvalue weighted by molar-refractivity contribution is 4.81. The Bertz CT molecular complexity index is 311. The summed E-state index contributed by atoms with van der Waals surface area (Å²) in [7, 11) is 0. The third-order valence-corrected chi connectivity index (χ3v) is 4.98. The first-order valence-corrected chi connectivity index (χ1v) is 8.70. The number of hydrogen-bond donors (Lipinski definition) is 0. The number of rotatable bonds is 5. The van der Waals surface area contributed by atoms with E-state index < -0.39 is 0 Å². The van der Waals surface area contributed by atoms with Crippen LogP contribution in [-0.4, -0.2) is 73.0 Å². The number of morpholine rings is 2. The molecule has 0 aliphatic carbocycles. The first-order chi connectivity index (χ1) is 9.97. The summed E-state index contributed by atoms with van der Waals surface area (Å²) in [5.74, 6) is 0. The van der Waals surface area contributed by atoms with E-state index in [0.717, 1.165) is 32.8 Å². The van der Waals surface area contributed by atoms with E-state index >= 15 is 0 Å². The topological polar surface area (TPSA) is 24.9 Å². The molecular formula is C17H34N2O2. The summed E-state index contributed by atoms with van der Waals surface area (Å²) >= 11 is 0. The molecule has 4 atom stereocenters. The Kier molecular flexibility index (Phi) is 6.48. The van der Waals surface area contributed by atoms with Crippen molar-refractivity contribution in [3.05, 3.63) is 0 Å². The van der Waals surface area contributed by atoms with E-state index in [9.17, 15) is 0 Å². The minimum atomic E-state index is 0.365. The molecule has 0 spiro atoms. The normalized spacial score (nSPS) is 34.3. The zero-order valence-electron chi connectivity index (χ0n) is 14.5. The largest absolute Gasteiger partial charge is 0.379 e. The summed E-state index contributed by atoms with van der Waals surface area (Å²) in [6.45, 7) is 16.4.